The van der Waals surface area contributed by atoms with E-state index >= 15 is 0 Å². The van der Waals surface area contributed by atoms with E-state index in [0.29, 0.717) is 42.0 Å². The molecule has 1 fully saturated rings. The number of halogens is 1. The average molecular weight is 424 g/mol. The van der Waals surface area contributed by atoms with Crippen LogP contribution in [0.5, 0.6) is 0 Å². The van der Waals surface area contributed by atoms with Gasteiger partial charge in [0.25, 0.3) is 0 Å². The molecular formula is C19H26ClN5O2S. The molecule has 0 spiro atoms. The minimum atomic E-state index is -0.0434. The van der Waals surface area contributed by atoms with E-state index in [1.165, 1.54) is 0 Å². The number of thioether (sulfide) groups is 1. The lowest BCUT2D eigenvalue weighted by molar-refractivity contribution is -0.115. The van der Waals surface area contributed by atoms with Gasteiger partial charge in [0.1, 0.15) is 0 Å². The molecule has 7 nitrogen and oxygen atoms in total. The Labute approximate surface area is 174 Å². The molecule has 0 saturated carbocycles. The Kier molecular flexibility index (Phi) is 7.58. The molecule has 3 rings (SSSR count). The predicted octanol–water partition coefficient (Wildman–Crippen LogP) is 3.55. The van der Waals surface area contributed by atoms with Crippen molar-refractivity contribution < 1.29 is 9.53 Å². The van der Waals surface area contributed by atoms with Gasteiger partial charge < -0.3 is 15.0 Å². The van der Waals surface area contributed by atoms with Crippen molar-refractivity contribution in [3.8, 4) is 0 Å². The summed E-state index contributed by atoms with van der Waals surface area (Å²) in [6.07, 6.45) is 0.388. The van der Waals surface area contributed by atoms with Crippen LogP contribution in [0, 0.1) is 5.92 Å². The Morgan fingerprint density at radius 3 is 2.82 bits per heavy atom. The van der Waals surface area contributed by atoms with Crippen LogP contribution in [-0.4, -0.2) is 52.7 Å². The van der Waals surface area contributed by atoms with E-state index in [-0.39, 0.29) is 5.91 Å². The molecule has 28 heavy (non-hydrogen) atoms. The first kappa shape index (κ1) is 21.0. The first-order chi connectivity index (χ1) is 13.5. The van der Waals surface area contributed by atoms with Gasteiger partial charge in [0.05, 0.1) is 13.2 Å². The van der Waals surface area contributed by atoms with Crippen LogP contribution in [0.25, 0.3) is 0 Å². The van der Waals surface area contributed by atoms with Crippen molar-refractivity contribution in [2.75, 3.05) is 42.3 Å². The summed E-state index contributed by atoms with van der Waals surface area (Å²) in [6.45, 7) is 8.26. The number of benzene rings is 1. The third kappa shape index (κ3) is 5.86. The monoisotopic (exact) mass is 423 g/mol. The standard InChI is InChI=1S/C19H26ClN5O2S/c1-14(2)13-25-18(24-7-9-27-10-8-24)22-23-19(25)28-11-6-17(26)21-16-5-3-4-15(20)12-16/h3-5,12,14H,6-11,13H2,1-2H3,(H,21,26). The number of carbonyl (C=O) groups is 1. The van der Waals surface area contributed by atoms with Crippen LogP contribution in [0.3, 0.4) is 0 Å². The molecule has 1 amide bonds. The lowest BCUT2D eigenvalue weighted by Gasteiger charge is -2.28. The molecule has 1 aromatic heterocycles. The highest BCUT2D eigenvalue weighted by atomic mass is 35.5. The maximum Gasteiger partial charge on any atom is 0.228 e. The fourth-order valence-electron chi connectivity index (χ4n) is 2.93. The second-order valence-corrected chi connectivity index (χ2v) is 8.54. The quantitative estimate of drug-likeness (QED) is 0.654. The van der Waals surface area contributed by atoms with Gasteiger partial charge in [0, 0.05) is 42.5 Å². The normalized spacial score (nSPS) is 14.5. The smallest absolute Gasteiger partial charge is 0.228 e. The number of amides is 1. The largest absolute Gasteiger partial charge is 0.378 e. The Morgan fingerprint density at radius 2 is 2.11 bits per heavy atom. The molecule has 9 heteroatoms. The first-order valence-corrected chi connectivity index (χ1v) is 10.8. The third-order valence-corrected chi connectivity index (χ3v) is 5.41. The van der Waals surface area contributed by atoms with Gasteiger partial charge in [-0.3, -0.25) is 9.36 Å². The lowest BCUT2D eigenvalue weighted by Crippen LogP contribution is -2.38. The fraction of sp³-hybridized carbons (Fsp3) is 0.526. The van der Waals surface area contributed by atoms with Crippen molar-refractivity contribution in [3.63, 3.8) is 0 Å². The van der Waals surface area contributed by atoms with E-state index in [4.69, 9.17) is 16.3 Å². The lowest BCUT2D eigenvalue weighted by atomic mass is 10.2. The van der Waals surface area contributed by atoms with Gasteiger partial charge in [-0.25, -0.2) is 0 Å². The molecule has 2 aromatic rings. The van der Waals surface area contributed by atoms with Gasteiger partial charge in [-0.2, -0.15) is 0 Å². The number of nitrogens with one attached hydrogen (secondary N) is 1. The van der Waals surface area contributed by atoms with Crippen LogP contribution in [-0.2, 0) is 16.1 Å². The summed E-state index contributed by atoms with van der Waals surface area (Å²) in [6, 6.07) is 7.15. The SMILES string of the molecule is CC(C)Cn1c(SCCC(=O)Nc2cccc(Cl)c2)nnc1N1CCOCC1. The number of morpholine rings is 1. The Morgan fingerprint density at radius 1 is 1.32 bits per heavy atom. The van der Waals surface area contributed by atoms with Gasteiger partial charge >= 0.3 is 0 Å². The molecule has 1 N–H and O–H groups in total. The maximum atomic E-state index is 12.2. The minimum absolute atomic E-state index is 0.0434. The van der Waals surface area contributed by atoms with Crippen molar-refractivity contribution in [3.05, 3.63) is 29.3 Å². The van der Waals surface area contributed by atoms with Gasteiger partial charge in [0.15, 0.2) is 5.16 Å². The second kappa shape index (κ2) is 10.1. The molecule has 0 bridgehead atoms. The number of carbonyl (C=O) groups excluding carboxylic acids is 1. The number of aromatic nitrogens is 3. The second-order valence-electron chi connectivity index (χ2n) is 7.04. The van der Waals surface area contributed by atoms with Gasteiger partial charge in [-0.05, 0) is 24.1 Å². The summed E-state index contributed by atoms with van der Waals surface area (Å²) in [7, 11) is 0. The predicted molar refractivity (Wildman–Crippen MR) is 113 cm³/mol. The number of hydrogen-bond donors (Lipinski definition) is 1. The summed E-state index contributed by atoms with van der Waals surface area (Å²) >= 11 is 7.51. The summed E-state index contributed by atoms with van der Waals surface area (Å²) < 4.78 is 7.60. The zero-order chi connectivity index (χ0) is 19.9. The molecule has 152 valence electrons. The molecule has 1 aromatic carbocycles. The maximum absolute atomic E-state index is 12.2. The van der Waals surface area contributed by atoms with Crippen molar-refractivity contribution in [1.82, 2.24) is 14.8 Å². The Bertz CT molecular complexity index is 792. The summed E-state index contributed by atoms with van der Waals surface area (Å²) in [4.78, 5) is 14.4. The average Bonchev–Trinajstić information content (AvgIpc) is 3.04. The van der Waals surface area contributed by atoms with Crippen LogP contribution in [0.15, 0.2) is 29.4 Å². The molecule has 0 atom stereocenters. The van der Waals surface area contributed by atoms with E-state index < -0.39 is 0 Å². The first-order valence-electron chi connectivity index (χ1n) is 9.47. The molecule has 0 unspecified atom stereocenters. The summed E-state index contributed by atoms with van der Waals surface area (Å²) in [5, 5.41) is 13.1. The fourth-order valence-corrected chi connectivity index (χ4v) is 4.01. The molecule has 1 aliphatic rings. The van der Waals surface area contributed by atoms with Crippen LogP contribution in [0.4, 0.5) is 11.6 Å². The topological polar surface area (TPSA) is 72.3 Å². The molecule has 1 aliphatic heterocycles. The highest BCUT2D eigenvalue weighted by molar-refractivity contribution is 7.99. The van der Waals surface area contributed by atoms with E-state index in [0.717, 1.165) is 30.7 Å². The van der Waals surface area contributed by atoms with Crippen molar-refractivity contribution in [2.45, 2.75) is 32.0 Å². The van der Waals surface area contributed by atoms with Crippen molar-refractivity contribution in [1.29, 1.82) is 0 Å². The van der Waals surface area contributed by atoms with Crippen LogP contribution in [0.2, 0.25) is 5.02 Å². The zero-order valence-corrected chi connectivity index (χ0v) is 17.8. The third-order valence-electron chi connectivity index (χ3n) is 4.21. The van der Waals surface area contributed by atoms with E-state index in [1.807, 2.05) is 12.1 Å². The molecular weight excluding hydrogens is 398 g/mol. The summed E-state index contributed by atoms with van der Waals surface area (Å²) in [5.41, 5.74) is 0.708. The highest BCUT2D eigenvalue weighted by Crippen LogP contribution is 2.25. The van der Waals surface area contributed by atoms with Gasteiger partial charge in [-0.15, -0.1) is 10.2 Å². The van der Waals surface area contributed by atoms with Crippen molar-refractivity contribution in [2.24, 2.45) is 5.92 Å². The van der Waals surface area contributed by atoms with Crippen LogP contribution in [0.1, 0.15) is 20.3 Å². The minimum Gasteiger partial charge on any atom is -0.378 e. The number of nitrogens with zero attached hydrogens (tertiary/aromatic N) is 4. The Balaban J connectivity index is 1.58. The van der Waals surface area contributed by atoms with E-state index in [1.54, 1.807) is 23.9 Å². The van der Waals surface area contributed by atoms with Gasteiger partial charge in [-0.1, -0.05) is 43.3 Å². The number of ether oxygens (including phenoxy) is 1. The molecule has 2 heterocycles. The highest BCUT2D eigenvalue weighted by Gasteiger charge is 2.21. The number of anilines is 2. The van der Waals surface area contributed by atoms with Gasteiger partial charge in [0.2, 0.25) is 11.9 Å². The number of hydrogen-bond acceptors (Lipinski definition) is 6. The van der Waals surface area contributed by atoms with E-state index in [2.05, 4.69) is 38.8 Å². The summed E-state index contributed by atoms with van der Waals surface area (Å²) in [5.74, 6) is 1.95. The molecule has 1 saturated heterocycles. The van der Waals surface area contributed by atoms with E-state index in [9.17, 15) is 4.79 Å². The molecule has 0 radical (unpaired) electrons. The number of rotatable bonds is 8. The zero-order valence-electron chi connectivity index (χ0n) is 16.2. The van der Waals surface area contributed by atoms with Crippen molar-refractivity contribution >= 4 is 40.9 Å². The van der Waals surface area contributed by atoms with Crippen LogP contribution < -0.4 is 10.2 Å². The molecule has 0 aliphatic carbocycles. The van der Waals surface area contributed by atoms with Crippen LogP contribution >= 0.6 is 23.4 Å². The Hall–Kier alpha value is -1.77.